The summed E-state index contributed by atoms with van der Waals surface area (Å²) in [7, 11) is 0. The molecule has 0 atom stereocenters. The molecule has 5 nitrogen and oxygen atoms in total. The Kier molecular flexibility index (Phi) is 4.18. The fourth-order valence-corrected chi connectivity index (χ4v) is 2.19. The summed E-state index contributed by atoms with van der Waals surface area (Å²) in [6, 6.07) is 17.4. The van der Waals surface area contributed by atoms with E-state index in [0.717, 1.165) is 35.6 Å². The van der Waals surface area contributed by atoms with Crippen LogP contribution < -0.4 is 0 Å². The average molecular weight is 290 g/mol. The van der Waals surface area contributed by atoms with Gasteiger partial charge in [0, 0.05) is 22.6 Å². The van der Waals surface area contributed by atoms with Crippen LogP contribution in [-0.4, -0.2) is 4.98 Å². The highest BCUT2D eigenvalue weighted by molar-refractivity contribution is 5.55. The molecule has 0 aliphatic carbocycles. The number of azide groups is 1. The predicted octanol–water partition coefficient (Wildman–Crippen LogP) is 5.07. The van der Waals surface area contributed by atoms with Gasteiger partial charge in [-0.25, -0.2) is 4.98 Å². The van der Waals surface area contributed by atoms with Crippen LogP contribution in [0.4, 0.5) is 5.69 Å². The van der Waals surface area contributed by atoms with Crippen LogP contribution in [0, 0.1) is 0 Å². The molecule has 0 radical (unpaired) electrons. The highest BCUT2D eigenvalue weighted by Crippen LogP contribution is 2.21. The summed E-state index contributed by atoms with van der Waals surface area (Å²) in [6.07, 6.45) is 3.31. The lowest BCUT2D eigenvalue weighted by atomic mass is 10.1. The first-order chi connectivity index (χ1) is 10.8. The second-order valence-electron chi connectivity index (χ2n) is 4.84. The lowest BCUT2D eigenvalue weighted by Crippen LogP contribution is -1.90. The van der Waals surface area contributed by atoms with Crippen molar-refractivity contribution in [3.05, 3.63) is 82.7 Å². The van der Waals surface area contributed by atoms with Gasteiger partial charge in [0.1, 0.15) is 0 Å². The van der Waals surface area contributed by atoms with Crippen molar-refractivity contribution < 1.29 is 4.42 Å². The summed E-state index contributed by atoms with van der Waals surface area (Å²) in [4.78, 5) is 7.08. The lowest BCUT2D eigenvalue weighted by Gasteiger charge is -1.99. The molecule has 22 heavy (non-hydrogen) atoms. The number of hydrogen-bond donors (Lipinski definition) is 0. The van der Waals surface area contributed by atoms with E-state index in [1.54, 1.807) is 18.3 Å². The minimum atomic E-state index is 0.619. The minimum Gasteiger partial charge on any atom is -0.441 e. The highest BCUT2D eigenvalue weighted by Gasteiger charge is 2.06. The van der Waals surface area contributed by atoms with Crippen molar-refractivity contribution in [1.82, 2.24) is 4.98 Å². The number of nitrogens with zero attached hydrogens (tertiary/aromatic N) is 4. The number of rotatable bonds is 5. The van der Waals surface area contributed by atoms with Gasteiger partial charge in [-0.15, -0.1) is 0 Å². The Bertz CT molecular complexity index is 787. The third-order valence-corrected chi connectivity index (χ3v) is 3.34. The first kappa shape index (κ1) is 13.9. The molecule has 0 spiro atoms. The Hall–Kier alpha value is -3.04. The first-order valence-corrected chi connectivity index (χ1v) is 6.99. The molecule has 0 saturated heterocycles. The van der Waals surface area contributed by atoms with Crippen molar-refractivity contribution in [2.75, 3.05) is 0 Å². The molecule has 0 unspecified atom stereocenters. The van der Waals surface area contributed by atoms with Crippen LogP contribution in [0.3, 0.4) is 0 Å². The average Bonchev–Trinajstić information content (AvgIpc) is 3.04. The molecule has 1 heterocycles. The van der Waals surface area contributed by atoms with Crippen LogP contribution in [0.5, 0.6) is 0 Å². The van der Waals surface area contributed by atoms with Crippen molar-refractivity contribution in [1.29, 1.82) is 0 Å². The second kappa shape index (κ2) is 6.61. The molecular formula is C17H14N4O. The molecule has 108 valence electrons. The first-order valence-electron chi connectivity index (χ1n) is 6.99. The molecule has 0 fully saturated rings. The van der Waals surface area contributed by atoms with Crippen molar-refractivity contribution >= 4 is 5.69 Å². The van der Waals surface area contributed by atoms with Crippen LogP contribution >= 0.6 is 0 Å². The van der Waals surface area contributed by atoms with Gasteiger partial charge in [0.2, 0.25) is 0 Å². The second-order valence-corrected chi connectivity index (χ2v) is 4.84. The predicted molar refractivity (Wildman–Crippen MR) is 84.6 cm³/mol. The summed E-state index contributed by atoms with van der Waals surface area (Å²) in [5.41, 5.74) is 11.2. The van der Waals surface area contributed by atoms with E-state index in [9.17, 15) is 0 Å². The number of oxazole rings is 1. The molecule has 0 bridgehead atoms. The maximum Gasteiger partial charge on any atom is 0.195 e. The van der Waals surface area contributed by atoms with Gasteiger partial charge in [0.15, 0.2) is 11.7 Å². The van der Waals surface area contributed by atoms with E-state index < -0.39 is 0 Å². The zero-order chi connectivity index (χ0) is 15.2. The maximum absolute atomic E-state index is 8.37. The molecule has 0 amide bonds. The number of benzene rings is 2. The number of hydrogen-bond acceptors (Lipinski definition) is 3. The number of aromatic nitrogens is 1. The van der Waals surface area contributed by atoms with E-state index in [2.05, 4.69) is 15.0 Å². The number of aryl methyl sites for hydroxylation is 2. The van der Waals surface area contributed by atoms with E-state index in [1.165, 1.54) is 0 Å². The topological polar surface area (TPSA) is 74.8 Å². The van der Waals surface area contributed by atoms with Crippen LogP contribution in [0.2, 0.25) is 0 Å². The summed E-state index contributed by atoms with van der Waals surface area (Å²) in [6.45, 7) is 0. The lowest BCUT2D eigenvalue weighted by molar-refractivity contribution is 0.505. The standard InChI is InChI=1S/C17H14N4O/c18-21-20-15-9-6-13(7-10-15)8-11-17-19-12-16(22-17)14-4-2-1-3-5-14/h1-7,9-10,12H,8,11H2. The summed E-state index contributed by atoms with van der Waals surface area (Å²) < 4.78 is 5.78. The quantitative estimate of drug-likeness (QED) is 0.374. The molecule has 3 aromatic rings. The van der Waals surface area contributed by atoms with Gasteiger partial charge in [-0.05, 0) is 17.5 Å². The van der Waals surface area contributed by atoms with Crippen molar-refractivity contribution in [2.45, 2.75) is 12.8 Å². The maximum atomic E-state index is 8.37. The van der Waals surface area contributed by atoms with E-state index >= 15 is 0 Å². The molecular weight excluding hydrogens is 276 g/mol. The van der Waals surface area contributed by atoms with E-state index in [-0.39, 0.29) is 0 Å². The van der Waals surface area contributed by atoms with Crippen LogP contribution in [0.25, 0.3) is 21.8 Å². The fraction of sp³-hybridized carbons (Fsp3) is 0.118. The zero-order valence-electron chi connectivity index (χ0n) is 11.9. The molecule has 0 aliphatic rings. The van der Waals surface area contributed by atoms with Gasteiger partial charge in [-0.3, -0.25) is 0 Å². The van der Waals surface area contributed by atoms with Gasteiger partial charge in [-0.2, -0.15) is 0 Å². The fourth-order valence-electron chi connectivity index (χ4n) is 2.19. The Morgan fingerprint density at radius 1 is 1.00 bits per heavy atom. The van der Waals surface area contributed by atoms with Crippen LogP contribution in [-0.2, 0) is 12.8 Å². The summed E-state index contributed by atoms with van der Waals surface area (Å²) in [5.74, 6) is 1.51. The van der Waals surface area contributed by atoms with Gasteiger partial charge in [-0.1, -0.05) is 59.7 Å². The van der Waals surface area contributed by atoms with Gasteiger partial charge in [0.05, 0.1) is 6.20 Å². The smallest absolute Gasteiger partial charge is 0.195 e. The van der Waals surface area contributed by atoms with Gasteiger partial charge >= 0.3 is 0 Å². The van der Waals surface area contributed by atoms with Crippen LogP contribution in [0.1, 0.15) is 11.5 Å². The Morgan fingerprint density at radius 2 is 1.77 bits per heavy atom. The molecule has 0 N–H and O–H groups in total. The Labute approximate surface area is 127 Å². The summed E-state index contributed by atoms with van der Waals surface area (Å²) in [5, 5.41) is 3.55. The normalized spacial score (nSPS) is 10.2. The van der Waals surface area contributed by atoms with E-state index in [0.29, 0.717) is 5.69 Å². The van der Waals surface area contributed by atoms with Crippen molar-refractivity contribution in [2.24, 2.45) is 5.11 Å². The van der Waals surface area contributed by atoms with E-state index in [4.69, 9.17) is 9.95 Å². The minimum absolute atomic E-state index is 0.619. The van der Waals surface area contributed by atoms with Crippen molar-refractivity contribution in [3.63, 3.8) is 0 Å². The zero-order valence-corrected chi connectivity index (χ0v) is 11.9. The Morgan fingerprint density at radius 3 is 2.50 bits per heavy atom. The Balaban J connectivity index is 1.64. The monoisotopic (exact) mass is 290 g/mol. The largest absolute Gasteiger partial charge is 0.441 e. The SMILES string of the molecule is [N-]=[N+]=Nc1ccc(CCc2ncc(-c3ccccc3)o2)cc1. The highest BCUT2D eigenvalue weighted by atomic mass is 16.4. The van der Waals surface area contributed by atoms with Crippen LogP contribution in [0.15, 0.2) is 70.3 Å². The molecule has 0 aliphatic heterocycles. The van der Waals surface area contributed by atoms with Crippen molar-refractivity contribution in [3.8, 4) is 11.3 Å². The molecule has 3 rings (SSSR count). The molecule has 2 aromatic carbocycles. The third-order valence-electron chi connectivity index (χ3n) is 3.34. The molecule has 1 aromatic heterocycles. The molecule has 0 saturated carbocycles. The van der Waals surface area contributed by atoms with Gasteiger partial charge < -0.3 is 4.42 Å². The molecule has 5 heteroatoms. The van der Waals surface area contributed by atoms with Gasteiger partial charge in [0.25, 0.3) is 0 Å². The van der Waals surface area contributed by atoms with E-state index in [1.807, 2.05) is 42.5 Å². The third kappa shape index (κ3) is 3.34. The summed E-state index contributed by atoms with van der Waals surface area (Å²) >= 11 is 0.